The molecule has 3 rings (SSSR count). The summed E-state index contributed by atoms with van der Waals surface area (Å²) >= 11 is 3.18. The first-order valence-corrected chi connectivity index (χ1v) is 9.11. The van der Waals surface area contributed by atoms with Crippen LogP contribution in [0.5, 0.6) is 0 Å². The van der Waals surface area contributed by atoms with E-state index in [2.05, 4.69) is 27.1 Å². The second-order valence-corrected chi connectivity index (χ2v) is 6.58. The minimum atomic E-state index is 0.519. The summed E-state index contributed by atoms with van der Waals surface area (Å²) < 4.78 is 0. The van der Waals surface area contributed by atoms with E-state index in [-0.39, 0.29) is 0 Å². The fourth-order valence-electron chi connectivity index (χ4n) is 2.21. The van der Waals surface area contributed by atoms with Crippen molar-refractivity contribution in [2.24, 2.45) is 0 Å². The summed E-state index contributed by atoms with van der Waals surface area (Å²) in [7, 11) is 0. The van der Waals surface area contributed by atoms with E-state index in [1.807, 2.05) is 30.7 Å². The van der Waals surface area contributed by atoms with Crippen molar-refractivity contribution >= 4 is 40.1 Å². The SMILES string of the molecule is CSc1cc(N)nc(SCCc2nccc3ccccc23)n1. The third-order valence-corrected chi connectivity index (χ3v) is 4.71. The van der Waals surface area contributed by atoms with Gasteiger partial charge >= 0.3 is 0 Å². The number of aromatic nitrogens is 3. The molecule has 112 valence electrons. The van der Waals surface area contributed by atoms with E-state index in [1.54, 1.807) is 29.6 Å². The Morgan fingerprint density at radius 1 is 1.14 bits per heavy atom. The molecule has 1 aromatic carbocycles. The van der Waals surface area contributed by atoms with Crippen LogP contribution in [0.25, 0.3) is 10.8 Å². The topological polar surface area (TPSA) is 64.7 Å². The molecule has 0 fully saturated rings. The van der Waals surface area contributed by atoms with Crippen molar-refractivity contribution in [1.29, 1.82) is 0 Å². The van der Waals surface area contributed by atoms with Gasteiger partial charge in [0, 0.05) is 29.1 Å². The van der Waals surface area contributed by atoms with Crippen molar-refractivity contribution in [2.75, 3.05) is 17.7 Å². The number of aryl methyl sites for hydroxylation is 1. The number of anilines is 1. The minimum Gasteiger partial charge on any atom is -0.384 e. The molecule has 2 N–H and O–H groups in total. The van der Waals surface area contributed by atoms with Gasteiger partial charge in [0.15, 0.2) is 5.16 Å². The number of fused-ring (bicyclic) bond motifs is 1. The van der Waals surface area contributed by atoms with E-state index < -0.39 is 0 Å². The molecule has 6 heteroatoms. The molecule has 0 unspecified atom stereocenters. The Hall–Kier alpha value is -1.79. The maximum atomic E-state index is 5.80. The molecular weight excluding hydrogens is 312 g/mol. The highest BCUT2D eigenvalue weighted by molar-refractivity contribution is 7.99. The smallest absolute Gasteiger partial charge is 0.190 e. The summed E-state index contributed by atoms with van der Waals surface area (Å²) in [5.74, 6) is 1.39. The third-order valence-electron chi connectivity index (χ3n) is 3.24. The van der Waals surface area contributed by atoms with Crippen molar-refractivity contribution in [3.8, 4) is 0 Å². The van der Waals surface area contributed by atoms with Gasteiger partial charge in [0.25, 0.3) is 0 Å². The van der Waals surface area contributed by atoms with E-state index in [4.69, 9.17) is 5.73 Å². The Labute approximate surface area is 138 Å². The highest BCUT2D eigenvalue weighted by atomic mass is 32.2. The number of pyridine rings is 1. The largest absolute Gasteiger partial charge is 0.384 e. The highest BCUT2D eigenvalue weighted by Crippen LogP contribution is 2.22. The highest BCUT2D eigenvalue weighted by Gasteiger charge is 2.05. The van der Waals surface area contributed by atoms with E-state index in [0.717, 1.165) is 28.0 Å². The number of rotatable bonds is 5. The van der Waals surface area contributed by atoms with Gasteiger partial charge in [0.05, 0.1) is 0 Å². The van der Waals surface area contributed by atoms with Crippen LogP contribution in [0.3, 0.4) is 0 Å². The number of benzene rings is 1. The fraction of sp³-hybridized carbons (Fsp3) is 0.188. The van der Waals surface area contributed by atoms with Crippen LogP contribution in [0.1, 0.15) is 5.69 Å². The minimum absolute atomic E-state index is 0.519. The normalized spacial score (nSPS) is 11.0. The summed E-state index contributed by atoms with van der Waals surface area (Å²) in [6.07, 6.45) is 4.72. The second-order valence-electron chi connectivity index (χ2n) is 4.69. The molecular formula is C16H16N4S2. The molecule has 0 amide bonds. The van der Waals surface area contributed by atoms with Crippen LogP contribution in [-0.2, 0) is 6.42 Å². The predicted octanol–water partition coefficient (Wildman–Crippen LogP) is 3.66. The quantitative estimate of drug-likeness (QED) is 0.438. The van der Waals surface area contributed by atoms with Crippen LogP contribution in [-0.4, -0.2) is 27.0 Å². The van der Waals surface area contributed by atoms with Crippen molar-refractivity contribution in [3.05, 3.63) is 48.3 Å². The van der Waals surface area contributed by atoms with E-state index in [0.29, 0.717) is 5.82 Å². The lowest BCUT2D eigenvalue weighted by Gasteiger charge is -2.06. The molecule has 22 heavy (non-hydrogen) atoms. The summed E-state index contributed by atoms with van der Waals surface area (Å²) in [5, 5.41) is 4.06. The van der Waals surface area contributed by atoms with Gasteiger partial charge < -0.3 is 5.73 Å². The van der Waals surface area contributed by atoms with Gasteiger partial charge in [0.1, 0.15) is 10.8 Å². The molecule has 2 aromatic heterocycles. The van der Waals surface area contributed by atoms with E-state index in [1.165, 1.54) is 10.8 Å². The predicted molar refractivity (Wildman–Crippen MR) is 94.4 cm³/mol. The number of nitrogen functional groups attached to an aromatic ring is 1. The van der Waals surface area contributed by atoms with Crippen molar-refractivity contribution in [1.82, 2.24) is 15.0 Å². The number of hydrogen-bond acceptors (Lipinski definition) is 6. The van der Waals surface area contributed by atoms with Crippen molar-refractivity contribution < 1.29 is 0 Å². The molecule has 0 saturated carbocycles. The zero-order valence-corrected chi connectivity index (χ0v) is 13.8. The van der Waals surface area contributed by atoms with E-state index >= 15 is 0 Å². The monoisotopic (exact) mass is 328 g/mol. The standard InChI is InChI=1S/C16H16N4S2/c1-21-15-10-14(17)19-16(20-15)22-9-7-13-12-5-3-2-4-11(12)6-8-18-13/h2-6,8,10H,7,9H2,1H3,(H2,17,19,20). The summed E-state index contributed by atoms with van der Waals surface area (Å²) in [6, 6.07) is 12.2. The van der Waals surface area contributed by atoms with Gasteiger partial charge in [-0.2, -0.15) is 0 Å². The lowest BCUT2D eigenvalue weighted by molar-refractivity contribution is 0.898. The lowest BCUT2D eigenvalue weighted by Crippen LogP contribution is -1.98. The van der Waals surface area contributed by atoms with Gasteiger partial charge in [0.2, 0.25) is 0 Å². The lowest BCUT2D eigenvalue weighted by atomic mass is 10.1. The van der Waals surface area contributed by atoms with Crippen LogP contribution in [0.2, 0.25) is 0 Å². The van der Waals surface area contributed by atoms with Gasteiger partial charge in [-0.25, -0.2) is 9.97 Å². The van der Waals surface area contributed by atoms with Gasteiger partial charge in [-0.3, -0.25) is 4.98 Å². The van der Waals surface area contributed by atoms with Crippen LogP contribution < -0.4 is 5.73 Å². The Morgan fingerprint density at radius 2 is 2.00 bits per heavy atom. The second kappa shape index (κ2) is 6.98. The number of thioether (sulfide) groups is 2. The zero-order valence-electron chi connectivity index (χ0n) is 12.2. The number of nitrogens with two attached hydrogens (primary N) is 1. The fourth-order valence-corrected chi connectivity index (χ4v) is 3.50. The Kier molecular flexibility index (Phi) is 4.80. The Morgan fingerprint density at radius 3 is 2.86 bits per heavy atom. The van der Waals surface area contributed by atoms with Gasteiger partial charge in [-0.15, -0.1) is 11.8 Å². The molecule has 0 aliphatic carbocycles. The maximum absolute atomic E-state index is 5.80. The first-order chi connectivity index (χ1) is 10.8. The average molecular weight is 328 g/mol. The molecule has 0 aliphatic heterocycles. The van der Waals surface area contributed by atoms with Crippen LogP contribution in [0.15, 0.2) is 52.8 Å². The maximum Gasteiger partial charge on any atom is 0.190 e. The molecule has 4 nitrogen and oxygen atoms in total. The van der Waals surface area contributed by atoms with Crippen LogP contribution in [0, 0.1) is 0 Å². The molecule has 0 atom stereocenters. The molecule has 0 radical (unpaired) electrons. The number of hydrogen-bond donors (Lipinski definition) is 1. The number of nitrogens with zero attached hydrogens (tertiary/aromatic N) is 3. The average Bonchev–Trinajstić information content (AvgIpc) is 2.54. The Bertz CT molecular complexity index is 787. The summed E-state index contributed by atoms with van der Waals surface area (Å²) in [4.78, 5) is 13.2. The van der Waals surface area contributed by atoms with Crippen molar-refractivity contribution in [2.45, 2.75) is 16.6 Å². The van der Waals surface area contributed by atoms with Crippen LogP contribution in [0.4, 0.5) is 5.82 Å². The molecule has 0 bridgehead atoms. The molecule has 0 saturated heterocycles. The third kappa shape index (κ3) is 3.51. The van der Waals surface area contributed by atoms with Crippen LogP contribution >= 0.6 is 23.5 Å². The van der Waals surface area contributed by atoms with E-state index in [9.17, 15) is 0 Å². The first kappa shape index (κ1) is 15.1. The van der Waals surface area contributed by atoms with Crippen molar-refractivity contribution in [3.63, 3.8) is 0 Å². The zero-order chi connectivity index (χ0) is 15.4. The summed E-state index contributed by atoms with van der Waals surface area (Å²) in [5.41, 5.74) is 6.91. The molecule has 0 aliphatic rings. The summed E-state index contributed by atoms with van der Waals surface area (Å²) in [6.45, 7) is 0. The first-order valence-electron chi connectivity index (χ1n) is 6.90. The molecule has 2 heterocycles. The molecule has 0 spiro atoms. The molecule has 3 aromatic rings. The van der Waals surface area contributed by atoms with Gasteiger partial charge in [-0.1, -0.05) is 36.0 Å². The Balaban J connectivity index is 1.71. The van der Waals surface area contributed by atoms with Gasteiger partial charge in [-0.05, 0) is 24.1 Å².